The lowest BCUT2D eigenvalue weighted by atomic mass is 10.2. The third kappa shape index (κ3) is 3.90. The lowest BCUT2D eigenvalue weighted by Crippen LogP contribution is -2.34. The molecular formula is C18H15N3O5S2. The summed E-state index contributed by atoms with van der Waals surface area (Å²) in [4.78, 5) is 24.7. The first kappa shape index (κ1) is 19.6. The van der Waals surface area contributed by atoms with E-state index in [1.54, 1.807) is 32.0 Å². The van der Waals surface area contributed by atoms with Crippen molar-refractivity contribution >= 4 is 45.5 Å². The van der Waals surface area contributed by atoms with Gasteiger partial charge in [-0.05, 0) is 49.8 Å². The van der Waals surface area contributed by atoms with Crippen LogP contribution in [0.4, 0.5) is 5.00 Å². The third-order valence-corrected chi connectivity index (χ3v) is 5.20. The van der Waals surface area contributed by atoms with Crippen molar-refractivity contribution in [1.82, 2.24) is 5.32 Å². The molecule has 10 heteroatoms. The molecule has 3 rings (SSSR count). The Morgan fingerprint density at radius 2 is 2.11 bits per heavy atom. The van der Waals surface area contributed by atoms with Gasteiger partial charge in [-0.15, -0.1) is 11.3 Å². The Hall–Kier alpha value is -3.16. The number of hydrogen-bond acceptors (Lipinski definition) is 8. The first-order valence-electron chi connectivity index (χ1n) is 8.17. The average molecular weight is 417 g/mol. The number of amides is 1. The van der Waals surface area contributed by atoms with Gasteiger partial charge in [-0.25, -0.2) is 4.79 Å². The van der Waals surface area contributed by atoms with E-state index in [0.29, 0.717) is 32.5 Å². The summed E-state index contributed by atoms with van der Waals surface area (Å²) in [5, 5.41) is 15.1. The lowest BCUT2D eigenvalue weighted by Gasteiger charge is -2.09. The second-order valence-electron chi connectivity index (χ2n) is 5.57. The number of nitrogens with zero attached hydrogens (tertiary/aromatic N) is 1. The largest absolute Gasteiger partial charge is 0.462 e. The standard InChI is InChI=1S/C18H15N3O5S2/c1-3-24-17(23)14-9(2)11(7-19)16(28-14)21-18(27)20-15(22)10-4-5-12-13(6-10)26-8-25-12/h4-6H,3,8H2,1-2H3,(H2,20,21,22,27). The van der Waals surface area contributed by atoms with E-state index >= 15 is 0 Å². The average Bonchev–Trinajstić information content (AvgIpc) is 3.25. The molecule has 2 heterocycles. The minimum absolute atomic E-state index is 0.00387. The Kier molecular flexibility index (Phi) is 5.77. The number of anilines is 1. The molecule has 0 atom stereocenters. The number of ether oxygens (including phenoxy) is 3. The highest BCUT2D eigenvalue weighted by molar-refractivity contribution is 7.80. The highest BCUT2D eigenvalue weighted by atomic mass is 32.1. The number of thiocarbonyl (C=S) groups is 1. The van der Waals surface area contributed by atoms with Gasteiger partial charge >= 0.3 is 5.97 Å². The second-order valence-corrected chi connectivity index (χ2v) is 7.00. The quantitative estimate of drug-likeness (QED) is 0.577. The monoisotopic (exact) mass is 417 g/mol. The summed E-state index contributed by atoms with van der Waals surface area (Å²) >= 11 is 6.21. The maximum atomic E-state index is 12.4. The number of carbonyl (C=O) groups excluding carboxylic acids is 2. The molecule has 0 aliphatic carbocycles. The van der Waals surface area contributed by atoms with E-state index < -0.39 is 11.9 Å². The van der Waals surface area contributed by atoms with Gasteiger partial charge in [-0.3, -0.25) is 10.1 Å². The molecule has 0 bridgehead atoms. The van der Waals surface area contributed by atoms with Crippen LogP contribution in [-0.4, -0.2) is 30.4 Å². The van der Waals surface area contributed by atoms with E-state index in [0.717, 1.165) is 11.3 Å². The summed E-state index contributed by atoms with van der Waals surface area (Å²) < 4.78 is 15.5. The van der Waals surface area contributed by atoms with Crippen LogP contribution in [0.5, 0.6) is 11.5 Å². The van der Waals surface area contributed by atoms with E-state index in [-0.39, 0.29) is 24.1 Å². The van der Waals surface area contributed by atoms with E-state index in [1.165, 1.54) is 0 Å². The third-order valence-electron chi connectivity index (χ3n) is 3.81. The second kappa shape index (κ2) is 8.24. The van der Waals surface area contributed by atoms with Gasteiger partial charge in [0, 0.05) is 5.56 Å². The Morgan fingerprint density at radius 1 is 1.36 bits per heavy atom. The fourth-order valence-corrected chi connectivity index (χ4v) is 3.79. The molecule has 144 valence electrons. The van der Waals surface area contributed by atoms with Crippen molar-refractivity contribution < 1.29 is 23.8 Å². The van der Waals surface area contributed by atoms with Crippen molar-refractivity contribution in [3.63, 3.8) is 0 Å². The van der Waals surface area contributed by atoms with Gasteiger partial charge in [0.05, 0.1) is 12.2 Å². The van der Waals surface area contributed by atoms with Crippen molar-refractivity contribution in [1.29, 1.82) is 5.26 Å². The molecule has 0 unspecified atom stereocenters. The summed E-state index contributed by atoms with van der Waals surface area (Å²) in [6.45, 7) is 3.69. The van der Waals surface area contributed by atoms with Crippen molar-refractivity contribution in [2.24, 2.45) is 0 Å². The van der Waals surface area contributed by atoms with Crippen LogP contribution < -0.4 is 20.1 Å². The van der Waals surface area contributed by atoms with Crippen molar-refractivity contribution in [3.05, 3.63) is 39.8 Å². The maximum Gasteiger partial charge on any atom is 0.348 e. The van der Waals surface area contributed by atoms with E-state index in [1.807, 2.05) is 6.07 Å². The molecule has 0 saturated heterocycles. The molecule has 0 radical (unpaired) electrons. The molecular weight excluding hydrogens is 402 g/mol. The topological polar surface area (TPSA) is 110 Å². The fourth-order valence-electron chi connectivity index (χ4n) is 2.47. The van der Waals surface area contributed by atoms with E-state index in [4.69, 9.17) is 26.4 Å². The molecule has 1 aromatic carbocycles. The highest BCUT2D eigenvalue weighted by Gasteiger charge is 2.22. The number of rotatable bonds is 4. The van der Waals surface area contributed by atoms with Crippen LogP contribution >= 0.6 is 23.6 Å². The van der Waals surface area contributed by atoms with Gasteiger partial charge in [0.15, 0.2) is 16.6 Å². The number of benzene rings is 1. The molecule has 1 aliphatic heterocycles. The highest BCUT2D eigenvalue weighted by Crippen LogP contribution is 2.34. The van der Waals surface area contributed by atoms with Crippen LogP contribution in [0.2, 0.25) is 0 Å². The molecule has 2 aromatic rings. The number of thiophene rings is 1. The van der Waals surface area contributed by atoms with Gasteiger partial charge < -0.3 is 19.5 Å². The van der Waals surface area contributed by atoms with Gasteiger partial charge in [0.2, 0.25) is 6.79 Å². The minimum atomic E-state index is -0.509. The minimum Gasteiger partial charge on any atom is -0.462 e. The number of nitriles is 1. The molecule has 1 aliphatic rings. The van der Waals surface area contributed by atoms with Crippen LogP contribution in [0, 0.1) is 18.3 Å². The summed E-state index contributed by atoms with van der Waals surface area (Å²) in [5.41, 5.74) is 1.11. The SMILES string of the molecule is CCOC(=O)c1sc(NC(=S)NC(=O)c2ccc3c(c2)OCO3)c(C#N)c1C. The number of nitrogens with one attached hydrogen (secondary N) is 2. The molecule has 0 saturated carbocycles. The number of esters is 1. The van der Waals surface area contributed by atoms with Gasteiger partial charge in [-0.1, -0.05) is 0 Å². The van der Waals surface area contributed by atoms with Crippen LogP contribution in [0.3, 0.4) is 0 Å². The number of carbonyl (C=O) groups is 2. The van der Waals surface area contributed by atoms with E-state index in [9.17, 15) is 14.9 Å². The zero-order chi connectivity index (χ0) is 20.3. The number of fused-ring (bicyclic) bond motifs is 1. The summed E-state index contributed by atoms with van der Waals surface area (Å²) in [6, 6.07) is 6.81. The van der Waals surface area contributed by atoms with Crippen LogP contribution in [0.1, 0.15) is 38.1 Å². The smallest absolute Gasteiger partial charge is 0.348 e. The molecule has 28 heavy (non-hydrogen) atoms. The lowest BCUT2D eigenvalue weighted by molar-refractivity contribution is 0.0531. The zero-order valence-electron chi connectivity index (χ0n) is 15.0. The predicted octanol–water partition coefficient (Wildman–Crippen LogP) is 2.96. The Labute approximate surface area is 170 Å². The molecule has 1 aromatic heterocycles. The Bertz CT molecular complexity index is 1010. The van der Waals surface area contributed by atoms with E-state index in [2.05, 4.69) is 10.6 Å². The van der Waals surface area contributed by atoms with Gasteiger partial charge in [0.25, 0.3) is 5.91 Å². The number of hydrogen-bond donors (Lipinski definition) is 2. The molecule has 1 amide bonds. The van der Waals surface area contributed by atoms with Crippen LogP contribution in [0.25, 0.3) is 0 Å². The zero-order valence-corrected chi connectivity index (χ0v) is 16.6. The summed E-state index contributed by atoms with van der Waals surface area (Å²) in [6.07, 6.45) is 0. The Balaban J connectivity index is 1.72. The molecule has 0 spiro atoms. The van der Waals surface area contributed by atoms with Crippen molar-refractivity contribution in [2.75, 3.05) is 18.7 Å². The molecule has 8 nitrogen and oxygen atoms in total. The normalized spacial score (nSPS) is 11.5. The summed E-state index contributed by atoms with van der Waals surface area (Å²) in [5.74, 6) is 0.0841. The van der Waals surface area contributed by atoms with Crippen molar-refractivity contribution in [3.8, 4) is 17.6 Å². The van der Waals surface area contributed by atoms with Gasteiger partial charge in [0.1, 0.15) is 15.9 Å². The van der Waals surface area contributed by atoms with Crippen LogP contribution in [0.15, 0.2) is 18.2 Å². The fraction of sp³-hybridized carbons (Fsp3) is 0.222. The van der Waals surface area contributed by atoms with Gasteiger partial charge in [-0.2, -0.15) is 5.26 Å². The molecule has 0 fully saturated rings. The van der Waals surface area contributed by atoms with Crippen molar-refractivity contribution in [2.45, 2.75) is 13.8 Å². The first-order valence-corrected chi connectivity index (χ1v) is 9.39. The Morgan fingerprint density at radius 3 is 2.82 bits per heavy atom. The predicted molar refractivity (Wildman–Crippen MR) is 106 cm³/mol. The first-order chi connectivity index (χ1) is 13.4. The maximum absolute atomic E-state index is 12.4. The molecule has 2 N–H and O–H groups in total. The van der Waals surface area contributed by atoms with Crippen LogP contribution in [-0.2, 0) is 4.74 Å². The summed E-state index contributed by atoms with van der Waals surface area (Å²) in [7, 11) is 0.